The molecule has 0 saturated heterocycles. The van der Waals surface area contributed by atoms with Gasteiger partial charge in [0.2, 0.25) is 0 Å². The summed E-state index contributed by atoms with van der Waals surface area (Å²) in [6.07, 6.45) is 6.66. The summed E-state index contributed by atoms with van der Waals surface area (Å²) in [4.78, 5) is 12.0. The van der Waals surface area contributed by atoms with Gasteiger partial charge in [0.1, 0.15) is 5.75 Å². The maximum absolute atomic E-state index is 12.0. The molecule has 0 amide bonds. The molecule has 104 valence electrons. The van der Waals surface area contributed by atoms with Crippen LogP contribution >= 0.6 is 0 Å². The fourth-order valence-corrected chi connectivity index (χ4v) is 1.79. The molecule has 2 rings (SSSR count). The first kappa shape index (κ1) is 14.1. The summed E-state index contributed by atoms with van der Waals surface area (Å²) in [5.74, 6) is 0.704. The largest absolute Gasteiger partial charge is 0.490 e. The lowest BCUT2D eigenvalue weighted by atomic mass is 10.1. The summed E-state index contributed by atoms with van der Waals surface area (Å²) < 4.78 is 7.32. The van der Waals surface area contributed by atoms with Crippen LogP contribution < -0.4 is 4.74 Å². The van der Waals surface area contributed by atoms with Crippen LogP contribution in [0.2, 0.25) is 0 Å². The number of hydrogen-bond acceptors (Lipinski definition) is 3. The molecule has 0 spiro atoms. The second-order valence-electron chi connectivity index (χ2n) is 4.80. The maximum atomic E-state index is 12.0. The zero-order valence-electron chi connectivity index (χ0n) is 11.9. The zero-order chi connectivity index (χ0) is 14.5. The summed E-state index contributed by atoms with van der Waals surface area (Å²) in [5.41, 5.74) is 1.46. The van der Waals surface area contributed by atoms with Gasteiger partial charge >= 0.3 is 0 Å². The van der Waals surface area contributed by atoms with E-state index < -0.39 is 0 Å². The Hall–Kier alpha value is -2.36. The smallest absolute Gasteiger partial charge is 0.189 e. The van der Waals surface area contributed by atoms with Crippen LogP contribution in [0.25, 0.3) is 6.08 Å². The SMILES string of the molecule is CC(C)Oc1ccccc1/C=C/C(=O)c1cnn(C)c1. The molecule has 0 aliphatic carbocycles. The van der Waals surface area contributed by atoms with Crippen molar-refractivity contribution in [1.29, 1.82) is 0 Å². The highest BCUT2D eigenvalue weighted by atomic mass is 16.5. The highest BCUT2D eigenvalue weighted by Crippen LogP contribution is 2.21. The van der Waals surface area contributed by atoms with Gasteiger partial charge in [0.25, 0.3) is 0 Å². The second-order valence-corrected chi connectivity index (χ2v) is 4.80. The average Bonchev–Trinajstić information content (AvgIpc) is 2.83. The average molecular weight is 270 g/mol. The molecule has 0 bridgehead atoms. The molecule has 0 saturated carbocycles. The van der Waals surface area contributed by atoms with Gasteiger partial charge in [0.05, 0.1) is 17.9 Å². The Labute approximate surface area is 118 Å². The van der Waals surface area contributed by atoms with Crippen LogP contribution in [-0.4, -0.2) is 21.7 Å². The maximum Gasteiger partial charge on any atom is 0.189 e. The molecule has 0 aliphatic heterocycles. The standard InChI is InChI=1S/C16H18N2O2/c1-12(2)20-16-7-5-4-6-13(16)8-9-15(19)14-10-17-18(3)11-14/h4-12H,1-3H3/b9-8+. The van der Waals surface area contributed by atoms with Gasteiger partial charge in [-0.1, -0.05) is 18.2 Å². The van der Waals surface area contributed by atoms with E-state index in [-0.39, 0.29) is 11.9 Å². The van der Waals surface area contributed by atoms with Crippen molar-refractivity contribution >= 4 is 11.9 Å². The van der Waals surface area contributed by atoms with E-state index in [1.807, 2.05) is 38.1 Å². The van der Waals surface area contributed by atoms with E-state index in [4.69, 9.17) is 4.74 Å². The molecule has 0 aliphatic rings. The Kier molecular flexibility index (Phi) is 4.35. The molecule has 1 aromatic carbocycles. The van der Waals surface area contributed by atoms with Crippen LogP contribution in [0.15, 0.2) is 42.7 Å². The van der Waals surface area contributed by atoms with Crippen LogP contribution in [0.5, 0.6) is 5.75 Å². The van der Waals surface area contributed by atoms with Crippen LogP contribution in [0.3, 0.4) is 0 Å². The third-order valence-electron chi connectivity index (χ3n) is 2.69. The first-order valence-electron chi connectivity index (χ1n) is 6.53. The van der Waals surface area contributed by atoms with Crippen molar-refractivity contribution in [2.24, 2.45) is 7.05 Å². The molecule has 0 N–H and O–H groups in total. The minimum atomic E-state index is -0.0718. The predicted molar refractivity (Wildman–Crippen MR) is 78.8 cm³/mol. The van der Waals surface area contributed by atoms with Crippen LogP contribution in [0, 0.1) is 0 Å². The van der Waals surface area contributed by atoms with Crippen LogP contribution in [0.4, 0.5) is 0 Å². The summed E-state index contributed by atoms with van der Waals surface area (Å²) in [6.45, 7) is 3.95. The molecule has 20 heavy (non-hydrogen) atoms. The normalized spacial score (nSPS) is 11.2. The Morgan fingerprint density at radius 1 is 1.35 bits per heavy atom. The molecule has 4 heteroatoms. The summed E-state index contributed by atoms with van der Waals surface area (Å²) in [5, 5.41) is 3.99. The van der Waals surface area contributed by atoms with Crippen molar-refractivity contribution in [2.75, 3.05) is 0 Å². The molecule has 0 atom stereocenters. The fourth-order valence-electron chi connectivity index (χ4n) is 1.79. The number of carbonyl (C=O) groups is 1. The highest BCUT2D eigenvalue weighted by molar-refractivity contribution is 6.06. The van der Waals surface area contributed by atoms with E-state index in [0.717, 1.165) is 11.3 Å². The number of allylic oxidation sites excluding steroid dienone is 1. The third-order valence-corrected chi connectivity index (χ3v) is 2.69. The van der Waals surface area contributed by atoms with Crippen LogP contribution in [0.1, 0.15) is 29.8 Å². The number of rotatable bonds is 5. The topological polar surface area (TPSA) is 44.1 Å². The van der Waals surface area contributed by atoms with Gasteiger partial charge in [0, 0.05) is 18.8 Å². The summed E-state index contributed by atoms with van der Waals surface area (Å²) in [7, 11) is 1.78. The van der Waals surface area contributed by atoms with Crippen molar-refractivity contribution in [3.8, 4) is 5.75 Å². The number of hydrogen-bond donors (Lipinski definition) is 0. The van der Waals surface area contributed by atoms with Gasteiger partial charge in [-0.05, 0) is 32.1 Å². The molecule has 0 fully saturated rings. The number of para-hydroxylation sites is 1. The Balaban J connectivity index is 2.17. The van der Waals surface area contributed by atoms with E-state index in [1.165, 1.54) is 0 Å². The Bertz CT molecular complexity index is 627. The van der Waals surface area contributed by atoms with Crippen molar-refractivity contribution in [3.63, 3.8) is 0 Å². The molecular weight excluding hydrogens is 252 g/mol. The Morgan fingerprint density at radius 3 is 2.75 bits per heavy atom. The first-order valence-corrected chi connectivity index (χ1v) is 6.53. The van der Waals surface area contributed by atoms with Crippen molar-refractivity contribution < 1.29 is 9.53 Å². The lowest BCUT2D eigenvalue weighted by molar-refractivity contribution is 0.104. The van der Waals surface area contributed by atoms with Gasteiger partial charge in [-0.25, -0.2) is 0 Å². The third kappa shape index (κ3) is 3.57. The number of ether oxygens (including phenoxy) is 1. The van der Waals surface area contributed by atoms with E-state index in [9.17, 15) is 4.79 Å². The number of ketones is 1. The van der Waals surface area contributed by atoms with Gasteiger partial charge < -0.3 is 4.74 Å². The van der Waals surface area contributed by atoms with Gasteiger partial charge in [-0.15, -0.1) is 0 Å². The number of aryl methyl sites for hydroxylation is 1. The van der Waals surface area contributed by atoms with Crippen molar-refractivity contribution in [2.45, 2.75) is 20.0 Å². The van der Waals surface area contributed by atoms with E-state index >= 15 is 0 Å². The minimum absolute atomic E-state index is 0.0718. The van der Waals surface area contributed by atoms with Crippen molar-refractivity contribution in [1.82, 2.24) is 9.78 Å². The monoisotopic (exact) mass is 270 g/mol. The zero-order valence-corrected chi connectivity index (χ0v) is 11.9. The molecule has 4 nitrogen and oxygen atoms in total. The number of benzene rings is 1. The quantitative estimate of drug-likeness (QED) is 0.619. The summed E-state index contributed by atoms with van der Waals surface area (Å²) in [6, 6.07) is 7.65. The van der Waals surface area contributed by atoms with E-state index in [2.05, 4.69) is 5.10 Å². The fraction of sp³-hybridized carbons (Fsp3) is 0.250. The first-order chi connectivity index (χ1) is 9.56. The lowest BCUT2D eigenvalue weighted by Crippen LogP contribution is -2.06. The van der Waals surface area contributed by atoms with Gasteiger partial charge in [-0.3, -0.25) is 9.48 Å². The number of carbonyl (C=O) groups excluding carboxylic acids is 1. The molecular formula is C16H18N2O2. The van der Waals surface area contributed by atoms with E-state index in [0.29, 0.717) is 5.56 Å². The minimum Gasteiger partial charge on any atom is -0.490 e. The molecule has 1 heterocycles. The van der Waals surface area contributed by atoms with E-state index in [1.54, 1.807) is 36.3 Å². The van der Waals surface area contributed by atoms with Crippen LogP contribution in [-0.2, 0) is 7.05 Å². The van der Waals surface area contributed by atoms with Gasteiger partial charge in [0.15, 0.2) is 5.78 Å². The second kappa shape index (κ2) is 6.19. The molecule has 1 aromatic heterocycles. The predicted octanol–water partition coefficient (Wildman–Crippen LogP) is 3.10. The molecule has 2 aromatic rings. The Morgan fingerprint density at radius 2 is 2.10 bits per heavy atom. The molecule has 0 unspecified atom stereocenters. The molecule has 0 radical (unpaired) electrons. The highest BCUT2D eigenvalue weighted by Gasteiger charge is 2.06. The number of aromatic nitrogens is 2. The lowest BCUT2D eigenvalue weighted by Gasteiger charge is -2.11. The summed E-state index contributed by atoms with van der Waals surface area (Å²) >= 11 is 0. The number of nitrogens with zero attached hydrogens (tertiary/aromatic N) is 2. The van der Waals surface area contributed by atoms with Crippen molar-refractivity contribution in [3.05, 3.63) is 53.9 Å². The van der Waals surface area contributed by atoms with Gasteiger partial charge in [-0.2, -0.15) is 5.10 Å².